The monoisotopic (exact) mass is 315 g/mol. The zero-order valence-electron chi connectivity index (χ0n) is 12.8. The zero-order chi connectivity index (χ0) is 15.3. The Morgan fingerprint density at radius 1 is 1.09 bits per heavy atom. The molecule has 0 spiro atoms. The second kappa shape index (κ2) is 7.27. The highest BCUT2D eigenvalue weighted by molar-refractivity contribution is 7.09. The Morgan fingerprint density at radius 2 is 1.86 bits per heavy atom. The summed E-state index contributed by atoms with van der Waals surface area (Å²) in [4.78, 5) is 3.93. The highest BCUT2D eigenvalue weighted by Crippen LogP contribution is 2.26. The van der Waals surface area contributed by atoms with Crippen LogP contribution in [0.3, 0.4) is 0 Å². The van der Waals surface area contributed by atoms with Crippen molar-refractivity contribution in [3.05, 3.63) is 52.7 Å². The average Bonchev–Trinajstić information content (AvgIpc) is 3.09. The van der Waals surface area contributed by atoms with Gasteiger partial charge >= 0.3 is 0 Å². The van der Waals surface area contributed by atoms with Crippen LogP contribution in [0, 0.1) is 0 Å². The van der Waals surface area contributed by atoms with Crippen LogP contribution < -0.4 is 10.4 Å². The van der Waals surface area contributed by atoms with Crippen LogP contribution in [-0.2, 0) is 6.42 Å². The van der Waals surface area contributed by atoms with E-state index in [2.05, 4.69) is 27.7 Å². The van der Waals surface area contributed by atoms with Crippen molar-refractivity contribution in [3.63, 3.8) is 0 Å². The van der Waals surface area contributed by atoms with Crippen molar-refractivity contribution < 1.29 is 5.11 Å². The van der Waals surface area contributed by atoms with Gasteiger partial charge in [0.15, 0.2) is 0 Å². The summed E-state index contributed by atoms with van der Waals surface area (Å²) in [5.41, 5.74) is 0.784. The molecule has 1 aromatic heterocycles. The third-order valence-electron chi connectivity index (χ3n) is 4.53. The standard InChI is InChI=1S/C18H23N2OS/c21-15-18(19-16-5-2-1-3-6-16)9-12-20(13-10-18)11-8-17-7-4-14-22-17/h1-7,14,19H,8-13,15H2/q-1. The molecule has 0 bridgehead atoms. The molecule has 0 amide bonds. The number of nitrogens with one attached hydrogen (secondary N) is 1. The number of anilines is 1. The van der Waals surface area contributed by atoms with Gasteiger partial charge in [0.05, 0.1) is 0 Å². The molecule has 1 aliphatic rings. The topological polar surface area (TPSA) is 38.3 Å². The smallest absolute Gasteiger partial charge is 0.0343 e. The fourth-order valence-electron chi connectivity index (χ4n) is 3.06. The molecule has 3 rings (SSSR count). The molecule has 1 saturated heterocycles. The van der Waals surface area contributed by atoms with Crippen molar-refractivity contribution in [3.8, 4) is 0 Å². The Bertz CT molecular complexity index is 548. The van der Waals surface area contributed by atoms with E-state index in [1.165, 1.54) is 4.88 Å². The molecule has 22 heavy (non-hydrogen) atoms. The number of piperidine rings is 1. The number of hydrogen-bond donors (Lipinski definition) is 1. The van der Waals surface area contributed by atoms with E-state index in [9.17, 15) is 5.11 Å². The van der Waals surface area contributed by atoms with Gasteiger partial charge in [-0.25, -0.2) is 0 Å². The van der Waals surface area contributed by atoms with Gasteiger partial charge in [-0.15, -0.1) is 17.9 Å². The molecular formula is C18H23N2OS-. The average molecular weight is 315 g/mol. The van der Waals surface area contributed by atoms with Crippen LogP contribution in [-0.4, -0.2) is 36.7 Å². The summed E-state index contributed by atoms with van der Waals surface area (Å²) in [5, 5.41) is 17.4. The van der Waals surface area contributed by atoms with E-state index in [1.807, 2.05) is 41.7 Å². The van der Waals surface area contributed by atoms with E-state index in [0.717, 1.165) is 44.6 Å². The second-order valence-electron chi connectivity index (χ2n) is 6.09. The van der Waals surface area contributed by atoms with Gasteiger partial charge < -0.3 is 15.3 Å². The summed E-state index contributed by atoms with van der Waals surface area (Å²) in [7, 11) is 0. The number of thiophene rings is 1. The minimum absolute atomic E-state index is 0.0549. The van der Waals surface area contributed by atoms with Crippen LogP contribution in [0.2, 0.25) is 0 Å². The van der Waals surface area contributed by atoms with E-state index >= 15 is 0 Å². The molecular weight excluding hydrogens is 292 g/mol. The SMILES string of the molecule is [O-]CC1(Nc2ccccc2)CCN(CCc2cccs2)CC1. The predicted octanol–water partition coefficient (Wildman–Crippen LogP) is 2.60. The maximum Gasteiger partial charge on any atom is 0.0343 e. The van der Waals surface area contributed by atoms with E-state index in [0.29, 0.717) is 0 Å². The van der Waals surface area contributed by atoms with Crippen molar-refractivity contribution in [1.29, 1.82) is 0 Å². The number of nitrogens with zero attached hydrogens (tertiary/aromatic N) is 1. The van der Waals surface area contributed by atoms with Crippen LogP contribution in [0.4, 0.5) is 5.69 Å². The first-order chi connectivity index (χ1) is 10.8. The molecule has 1 fully saturated rings. The van der Waals surface area contributed by atoms with Gasteiger partial charge in [0, 0.05) is 35.7 Å². The van der Waals surface area contributed by atoms with Crippen molar-refractivity contribution in [2.24, 2.45) is 0 Å². The molecule has 0 radical (unpaired) electrons. The minimum atomic E-state index is -0.277. The van der Waals surface area contributed by atoms with E-state index in [4.69, 9.17) is 0 Å². The first kappa shape index (κ1) is 15.5. The second-order valence-corrected chi connectivity index (χ2v) is 7.12. The maximum absolute atomic E-state index is 11.8. The number of likely N-dealkylation sites (tertiary alicyclic amines) is 1. The summed E-state index contributed by atoms with van der Waals surface area (Å²) in [6, 6.07) is 14.4. The molecule has 4 heteroatoms. The van der Waals surface area contributed by atoms with Crippen LogP contribution in [0.25, 0.3) is 0 Å². The molecule has 0 unspecified atom stereocenters. The van der Waals surface area contributed by atoms with Crippen LogP contribution in [0.5, 0.6) is 0 Å². The van der Waals surface area contributed by atoms with Crippen LogP contribution in [0.15, 0.2) is 47.8 Å². The lowest BCUT2D eigenvalue weighted by Crippen LogP contribution is -2.54. The summed E-state index contributed by atoms with van der Waals surface area (Å²) in [6.07, 6.45) is 2.97. The molecule has 0 atom stereocenters. The highest BCUT2D eigenvalue weighted by atomic mass is 32.1. The lowest BCUT2D eigenvalue weighted by molar-refractivity contribution is -0.381. The van der Waals surface area contributed by atoms with Crippen molar-refractivity contribution in [2.75, 3.05) is 31.6 Å². The van der Waals surface area contributed by atoms with Crippen molar-refractivity contribution in [2.45, 2.75) is 24.8 Å². The maximum atomic E-state index is 11.8. The summed E-state index contributed by atoms with van der Waals surface area (Å²) in [5.74, 6) is 0. The molecule has 1 N–H and O–H groups in total. The van der Waals surface area contributed by atoms with Gasteiger partial charge in [-0.3, -0.25) is 0 Å². The van der Waals surface area contributed by atoms with Gasteiger partial charge in [-0.05, 0) is 42.8 Å². The van der Waals surface area contributed by atoms with Crippen molar-refractivity contribution in [1.82, 2.24) is 4.90 Å². The quantitative estimate of drug-likeness (QED) is 0.890. The number of hydrogen-bond acceptors (Lipinski definition) is 4. The van der Waals surface area contributed by atoms with Crippen LogP contribution in [0.1, 0.15) is 17.7 Å². The number of rotatable bonds is 6. The largest absolute Gasteiger partial charge is 0.853 e. The molecule has 0 aliphatic carbocycles. The first-order valence-corrected chi connectivity index (χ1v) is 8.84. The minimum Gasteiger partial charge on any atom is -0.853 e. The Hall–Kier alpha value is -1.36. The van der Waals surface area contributed by atoms with Crippen molar-refractivity contribution >= 4 is 17.0 Å². The third kappa shape index (κ3) is 3.88. The molecule has 118 valence electrons. The fraction of sp³-hybridized carbons (Fsp3) is 0.444. The van der Waals surface area contributed by atoms with Gasteiger partial charge in [0.2, 0.25) is 0 Å². The molecule has 3 nitrogen and oxygen atoms in total. The first-order valence-electron chi connectivity index (χ1n) is 7.96. The number of benzene rings is 1. The van der Waals surface area contributed by atoms with Gasteiger partial charge in [0.25, 0.3) is 0 Å². The highest BCUT2D eigenvalue weighted by Gasteiger charge is 2.30. The van der Waals surface area contributed by atoms with Crippen LogP contribution >= 0.6 is 11.3 Å². The normalized spacial score (nSPS) is 18.2. The number of para-hydroxylation sites is 1. The lowest BCUT2D eigenvalue weighted by Gasteiger charge is -2.45. The summed E-state index contributed by atoms with van der Waals surface area (Å²) in [6.45, 7) is 3.06. The molecule has 1 aromatic carbocycles. The zero-order valence-corrected chi connectivity index (χ0v) is 13.6. The third-order valence-corrected chi connectivity index (χ3v) is 5.46. The Balaban J connectivity index is 1.52. The van der Waals surface area contributed by atoms with E-state index < -0.39 is 0 Å². The summed E-state index contributed by atoms with van der Waals surface area (Å²) < 4.78 is 0. The molecule has 0 saturated carbocycles. The molecule has 1 aliphatic heterocycles. The Labute approximate surface area is 136 Å². The van der Waals surface area contributed by atoms with E-state index in [-0.39, 0.29) is 12.1 Å². The predicted molar refractivity (Wildman–Crippen MR) is 91.4 cm³/mol. The Morgan fingerprint density at radius 3 is 2.50 bits per heavy atom. The Kier molecular flexibility index (Phi) is 5.13. The van der Waals surface area contributed by atoms with Gasteiger partial charge in [-0.2, -0.15) is 0 Å². The van der Waals surface area contributed by atoms with Gasteiger partial charge in [0.1, 0.15) is 0 Å². The molecule has 2 aromatic rings. The van der Waals surface area contributed by atoms with E-state index in [1.54, 1.807) is 0 Å². The summed E-state index contributed by atoms with van der Waals surface area (Å²) >= 11 is 1.83. The molecule has 2 heterocycles. The fourth-order valence-corrected chi connectivity index (χ4v) is 3.76. The van der Waals surface area contributed by atoms with Gasteiger partial charge in [-0.1, -0.05) is 24.3 Å². The lowest BCUT2D eigenvalue weighted by atomic mass is 9.87.